The molecular weight excluding hydrogens is 499 g/mol. The summed E-state index contributed by atoms with van der Waals surface area (Å²) in [5, 5.41) is 24.5. The highest BCUT2D eigenvalue weighted by atomic mass is 32.1. The number of halogens is 1. The van der Waals surface area contributed by atoms with E-state index in [2.05, 4.69) is 10.6 Å². The van der Waals surface area contributed by atoms with Crippen molar-refractivity contribution in [3.8, 4) is 11.5 Å². The summed E-state index contributed by atoms with van der Waals surface area (Å²) >= 11 is 1.13. The highest BCUT2D eigenvalue weighted by Gasteiger charge is 2.29. The first kappa shape index (κ1) is 27.4. The van der Waals surface area contributed by atoms with Crippen molar-refractivity contribution >= 4 is 40.6 Å². The molecule has 1 heterocycles. The standard InChI is InChI=1S/C27H27FN2O6S/c1-5-21(29-4)15-6-8-22(20(28)12-15)36-25(34)23-9-7-19(37-23)14-27(2,3)26(35)30-17-10-16(24(32)33)11-18(31)13-17/h5-13,29,31H,14H2,1-4H3,(H,30,35)(H,32,33). The Bertz CT molecular complexity index is 1380. The summed E-state index contributed by atoms with van der Waals surface area (Å²) < 4.78 is 19.8. The number of esters is 1. The van der Waals surface area contributed by atoms with Gasteiger partial charge in [0, 0.05) is 40.4 Å². The Balaban J connectivity index is 1.68. The molecular formula is C27H27FN2O6S. The monoisotopic (exact) mass is 526 g/mol. The zero-order valence-corrected chi connectivity index (χ0v) is 21.5. The number of rotatable bonds is 9. The molecule has 0 spiro atoms. The van der Waals surface area contributed by atoms with Gasteiger partial charge in [-0.1, -0.05) is 19.9 Å². The second kappa shape index (κ2) is 11.3. The van der Waals surface area contributed by atoms with Crippen molar-refractivity contribution in [2.45, 2.75) is 27.2 Å². The molecule has 0 aliphatic carbocycles. The third-order valence-corrected chi connectivity index (χ3v) is 6.59. The molecule has 2 aromatic carbocycles. The molecule has 3 aromatic rings. The van der Waals surface area contributed by atoms with Crippen LogP contribution in [0.1, 0.15) is 51.2 Å². The predicted octanol–water partition coefficient (Wildman–Crippen LogP) is 5.30. The fraction of sp³-hybridized carbons (Fsp3) is 0.222. The zero-order valence-electron chi connectivity index (χ0n) is 20.7. The quantitative estimate of drug-likeness (QED) is 0.220. The summed E-state index contributed by atoms with van der Waals surface area (Å²) in [5.41, 5.74) is 0.393. The van der Waals surface area contributed by atoms with Gasteiger partial charge >= 0.3 is 11.9 Å². The lowest BCUT2D eigenvalue weighted by molar-refractivity contribution is -0.123. The first-order valence-electron chi connectivity index (χ1n) is 11.3. The Morgan fingerprint density at radius 2 is 1.81 bits per heavy atom. The topological polar surface area (TPSA) is 125 Å². The van der Waals surface area contributed by atoms with Crippen molar-refractivity contribution in [2.75, 3.05) is 12.4 Å². The van der Waals surface area contributed by atoms with Crippen LogP contribution >= 0.6 is 11.3 Å². The summed E-state index contributed by atoms with van der Waals surface area (Å²) in [4.78, 5) is 37.7. The number of carbonyl (C=O) groups is 3. The van der Waals surface area contributed by atoms with Gasteiger partial charge in [-0.25, -0.2) is 14.0 Å². The molecule has 0 radical (unpaired) electrons. The van der Waals surface area contributed by atoms with Crippen LogP contribution in [0.4, 0.5) is 10.1 Å². The molecule has 0 atom stereocenters. The lowest BCUT2D eigenvalue weighted by atomic mass is 9.87. The molecule has 0 aliphatic heterocycles. The van der Waals surface area contributed by atoms with E-state index in [4.69, 9.17) is 9.84 Å². The number of carbonyl (C=O) groups excluding carboxylic acids is 2. The number of aromatic carboxylic acids is 1. The Kier molecular flexibility index (Phi) is 8.34. The van der Waals surface area contributed by atoms with Crippen LogP contribution in [-0.2, 0) is 11.2 Å². The maximum absolute atomic E-state index is 14.5. The Morgan fingerprint density at radius 3 is 2.43 bits per heavy atom. The van der Waals surface area contributed by atoms with Gasteiger partial charge in [-0.2, -0.15) is 0 Å². The summed E-state index contributed by atoms with van der Waals surface area (Å²) in [7, 11) is 1.72. The first-order valence-corrected chi connectivity index (χ1v) is 12.1. The molecule has 0 unspecified atom stereocenters. The maximum atomic E-state index is 14.5. The number of aromatic hydroxyl groups is 1. The van der Waals surface area contributed by atoms with E-state index >= 15 is 0 Å². The van der Waals surface area contributed by atoms with Crippen molar-refractivity contribution in [1.82, 2.24) is 5.32 Å². The fourth-order valence-electron chi connectivity index (χ4n) is 3.56. The lowest BCUT2D eigenvalue weighted by Crippen LogP contribution is -2.32. The minimum Gasteiger partial charge on any atom is -0.508 e. The van der Waals surface area contributed by atoms with E-state index in [9.17, 15) is 23.9 Å². The van der Waals surface area contributed by atoms with Crippen LogP contribution in [0.2, 0.25) is 0 Å². The van der Waals surface area contributed by atoms with E-state index in [1.165, 1.54) is 24.3 Å². The number of ether oxygens (including phenoxy) is 1. The number of nitrogens with one attached hydrogen (secondary N) is 2. The van der Waals surface area contributed by atoms with Gasteiger partial charge in [-0.05, 0) is 55.8 Å². The molecule has 0 fully saturated rings. The second-order valence-corrected chi connectivity index (χ2v) is 10.0. The number of benzene rings is 2. The third-order valence-electron chi connectivity index (χ3n) is 5.52. The Morgan fingerprint density at radius 1 is 1.08 bits per heavy atom. The van der Waals surface area contributed by atoms with Crippen LogP contribution in [-0.4, -0.2) is 35.1 Å². The molecule has 37 heavy (non-hydrogen) atoms. The van der Waals surface area contributed by atoms with Crippen molar-refractivity contribution in [2.24, 2.45) is 5.41 Å². The molecule has 3 rings (SSSR count). The zero-order chi connectivity index (χ0) is 27.3. The van der Waals surface area contributed by atoms with Crippen molar-refractivity contribution < 1.29 is 33.7 Å². The normalized spacial score (nSPS) is 11.6. The van der Waals surface area contributed by atoms with Gasteiger partial charge in [0.1, 0.15) is 10.6 Å². The third kappa shape index (κ3) is 6.73. The number of phenols is 1. The first-order chi connectivity index (χ1) is 17.4. The van der Waals surface area contributed by atoms with Gasteiger partial charge in [-0.15, -0.1) is 11.3 Å². The van der Waals surface area contributed by atoms with Crippen molar-refractivity contribution in [3.63, 3.8) is 0 Å². The molecule has 4 N–H and O–H groups in total. The lowest BCUT2D eigenvalue weighted by Gasteiger charge is -2.23. The number of hydrogen-bond acceptors (Lipinski definition) is 7. The molecule has 1 amide bonds. The minimum absolute atomic E-state index is 0.148. The van der Waals surface area contributed by atoms with Crippen molar-refractivity contribution in [1.29, 1.82) is 0 Å². The van der Waals surface area contributed by atoms with Gasteiger partial charge in [0.25, 0.3) is 0 Å². The summed E-state index contributed by atoms with van der Waals surface area (Å²) in [6.07, 6.45) is 2.06. The predicted molar refractivity (Wildman–Crippen MR) is 140 cm³/mol. The number of amides is 1. The Labute approximate surface area is 217 Å². The van der Waals surface area contributed by atoms with Crippen LogP contribution < -0.4 is 15.4 Å². The maximum Gasteiger partial charge on any atom is 0.353 e. The van der Waals surface area contributed by atoms with E-state index in [1.54, 1.807) is 45.2 Å². The van der Waals surface area contributed by atoms with Crippen LogP contribution in [0.15, 0.2) is 54.6 Å². The summed E-state index contributed by atoms with van der Waals surface area (Å²) in [5.74, 6) is -3.51. The van der Waals surface area contributed by atoms with E-state index < -0.39 is 29.1 Å². The van der Waals surface area contributed by atoms with Crippen LogP contribution in [0.3, 0.4) is 0 Å². The fourth-order valence-corrected chi connectivity index (χ4v) is 4.67. The summed E-state index contributed by atoms with van der Waals surface area (Å²) in [6.45, 7) is 5.21. The average Bonchev–Trinajstić information content (AvgIpc) is 3.29. The van der Waals surface area contributed by atoms with Crippen LogP contribution in [0.5, 0.6) is 11.5 Å². The number of hydrogen-bond donors (Lipinski definition) is 4. The average molecular weight is 527 g/mol. The van der Waals surface area contributed by atoms with E-state index in [-0.39, 0.29) is 34.0 Å². The second-order valence-electron chi connectivity index (χ2n) is 8.84. The number of anilines is 1. The molecule has 10 heteroatoms. The van der Waals surface area contributed by atoms with Crippen LogP contribution in [0, 0.1) is 11.2 Å². The van der Waals surface area contributed by atoms with Crippen LogP contribution in [0.25, 0.3) is 5.70 Å². The van der Waals surface area contributed by atoms with Gasteiger partial charge in [-0.3, -0.25) is 4.79 Å². The molecule has 0 bridgehead atoms. The van der Waals surface area contributed by atoms with Gasteiger partial charge in [0.05, 0.1) is 5.56 Å². The van der Waals surface area contributed by atoms with Crippen molar-refractivity contribution in [3.05, 3.63) is 81.3 Å². The molecule has 0 aliphatic rings. The molecule has 1 aromatic heterocycles. The number of thiophene rings is 1. The molecule has 8 nitrogen and oxygen atoms in total. The SMILES string of the molecule is CC=C(NC)c1ccc(OC(=O)c2ccc(CC(C)(C)C(=O)Nc3cc(O)cc(C(=O)O)c3)s2)c(F)c1. The minimum atomic E-state index is -1.24. The number of carboxylic acids is 1. The number of carboxylic acid groups (broad SMARTS) is 1. The van der Waals surface area contributed by atoms with Gasteiger partial charge in [0.15, 0.2) is 11.6 Å². The Hall–Kier alpha value is -4.18. The van der Waals surface area contributed by atoms with Gasteiger partial charge in [0.2, 0.25) is 5.91 Å². The number of allylic oxidation sites excluding steroid dienone is 1. The van der Waals surface area contributed by atoms with E-state index in [0.717, 1.165) is 28.0 Å². The number of phenolic OH excluding ortho intramolecular Hbond substituents is 1. The molecule has 0 saturated carbocycles. The van der Waals surface area contributed by atoms with Gasteiger partial charge < -0.3 is 25.6 Å². The van der Waals surface area contributed by atoms with E-state index in [0.29, 0.717) is 5.56 Å². The molecule has 194 valence electrons. The van der Waals surface area contributed by atoms with E-state index in [1.807, 2.05) is 6.92 Å². The highest BCUT2D eigenvalue weighted by Crippen LogP contribution is 2.30. The largest absolute Gasteiger partial charge is 0.508 e. The summed E-state index contributed by atoms with van der Waals surface area (Å²) in [6, 6.07) is 11.1. The molecule has 0 saturated heterocycles. The highest BCUT2D eigenvalue weighted by molar-refractivity contribution is 7.14. The smallest absolute Gasteiger partial charge is 0.353 e.